The van der Waals surface area contributed by atoms with Crippen LogP contribution in [0.2, 0.25) is 0 Å². The monoisotopic (exact) mass is 426 g/mol. The molecule has 0 bridgehead atoms. The molecule has 172 valence electrons. The largest absolute Gasteiger partial charge is 0.498 e. The fraction of sp³-hybridized carbons (Fsp3) is 0.724. The first-order chi connectivity index (χ1) is 15.2. The third-order valence-corrected chi connectivity index (χ3v) is 8.59. The lowest BCUT2D eigenvalue weighted by molar-refractivity contribution is 0.118. The van der Waals surface area contributed by atoms with Crippen LogP contribution in [0.1, 0.15) is 121 Å². The van der Waals surface area contributed by atoms with Crippen molar-refractivity contribution in [2.75, 3.05) is 0 Å². The maximum atomic E-state index is 15.1. The molecule has 1 aliphatic heterocycles. The predicted octanol–water partition coefficient (Wildman–Crippen LogP) is 9.03. The topological polar surface area (TPSA) is 9.23 Å². The predicted molar refractivity (Wildman–Crippen MR) is 128 cm³/mol. The van der Waals surface area contributed by atoms with Gasteiger partial charge in [0.1, 0.15) is 5.82 Å². The normalized spacial score (nSPS) is 31.7. The maximum absolute atomic E-state index is 15.1. The van der Waals surface area contributed by atoms with Crippen LogP contribution in [0.25, 0.3) is 5.57 Å². The molecule has 2 aliphatic carbocycles. The summed E-state index contributed by atoms with van der Waals surface area (Å²) in [4.78, 5) is 0. The van der Waals surface area contributed by atoms with Gasteiger partial charge in [-0.05, 0) is 104 Å². The second-order valence-corrected chi connectivity index (χ2v) is 10.6. The van der Waals surface area contributed by atoms with Crippen LogP contribution in [0.4, 0.5) is 4.39 Å². The molecule has 1 aromatic carbocycles. The Hall–Kier alpha value is -1.31. The Bertz CT molecular complexity index is 722. The van der Waals surface area contributed by atoms with Gasteiger partial charge in [0.2, 0.25) is 0 Å². The van der Waals surface area contributed by atoms with Crippen LogP contribution in [0.15, 0.2) is 24.5 Å². The van der Waals surface area contributed by atoms with E-state index < -0.39 is 0 Å². The van der Waals surface area contributed by atoms with Gasteiger partial charge in [0, 0.05) is 0 Å². The molecular formula is C29H43FO. The van der Waals surface area contributed by atoms with E-state index in [2.05, 4.69) is 26.0 Å². The molecule has 1 atom stereocenters. The van der Waals surface area contributed by atoms with Crippen LogP contribution in [0.5, 0.6) is 0 Å². The van der Waals surface area contributed by atoms with Crippen molar-refractivity contribution < 1.29 is 9.13 Å². The number of allylic oxidation sites excluding steroid dienone is 1. The number of rotatable bonds is 7. The fourth-order valence-corrected chi connectivity index (χ4v) is 6.68. The van der Waals surface area contributed by atoms with Gasteiger partial charge in [0.15, 0.2) is 0 Å². The van der Waals surface area contributed by atoms with Crippen molar-refractivity contribution in [2.45, 2.75) is 116 Å². The molecule has 1 aromatic rings. The van der Waals surface area contributed by atoms with Crippen LogP contribution in [-0.4, -0.2) is 6.10 Å². The summed E-state index contributed by atoms with van der Waals surface area (Å²) < 4.78 is 21.0. The van der Waals surface area contributed by atoms with Gasteiger partial charge in [-0.3, -0.25) is 0 Å². The van der Waals surface area contributed by atoms with E-state index in [-0.39, 0.29) is 5.82 Å². The average Bonchev–Trinajstić information content (AvgIpc) is 2.81. The molecule has 0 aromatic heterocycles. The minimum atomic E-state index is -0.00222. The Morgan fingerprint density at radius 1 is 0.839 bits per heavy atom. The number of hydrogen-bond acceptors (Lipinski definition) is 1. The zero-order chi connectivity index (χ0) is 21.6. The molecule has 1 nitrogen and oxygen atoms in total. The minimum absolute atomic E-state index is 0.00222. The van der Waals surface area contributed by atoms with Crippen molar-refractivity contribution >= 4 is 5.57 Å². The molecule has 1 heterocycles. The maximum Gasteiger partial charge on any atom is 0.127 e. The lowest BCUT2D eigenvalue weighted by Gasteiger charge is -2.38. The summed E-state index contributed by atoms with van der Waals surface area (Å²) >= 11 is 0. The fourth-order valence-electron chi connectivity index (χ4n) is 6.68. The number of halogens is 1. The van der Waals surface area contributed by atoms with Crippen molar-refractivity contribution in [1.82, 2.24) is 0 Å². The first-order valence-corrected chi connectivity index (χ1v) is 13.3. The van der Waals surface area contributed by atoms with Gasteiger partial charge in [-0.25, -0.2) is 4.39 Å². The van der Waals surface area contributed by atoms with Crippen molar-refractivity contribution in [3.63, 3.8) is 0 Å². The minimum Gasteiger partial charge on any atom is -0.498 e. The quantitative estimate of drug-likeness (QED) is 0.422. The van der Waals surface area contributed by atoms with Gasteiger partial charge in [-0.15, -0.1) is 0 Å². The van der Waals surface area contributed by atoms with Gasteiger partial charge in [-0.1, -0.05) is 58.1 Å². The first-order valence-electron chi connectivity index (χ1n) is 13.3. The summed E-state index contributed by atoms with van der Waals surface area (Å²) in [6, 6.07) is 5.98. The molecule has 1 unspecified atom stereocenters. The molecule has 4 rings (SSSR count). The Morgan fingerprint density at radius 3 is 2.10 bits per heavy atom. The molecule has 2 heteroatoms. The molecule has 0 radical (unpaired) electrons. The van der Waals surface area contributed by atoms with E-state index in [1.54, 1.807) is 6.07 Å². The van der Waals surface area contributed by atoms with E-state index in [0.717, 1.165) is 60.1 Å². The van der Waals surface area contributed by atoms with E-state index >= 15 is 4.39 Å². The highest BCUT2D eigenvalue weighted by Crippen LogP contribution is 2.45. The summed E-state index contributed by atoms with van der Waals surface area (Å²) in [6.07, 6.45) is 20.0. The molecule has 2 saturated carbocycles. The molecule has 0 saturated heterocycles. The zero-order valence-corrected chi connectivity index (χ0v) is 19.9. The Balaban J connectivity index is 1.30. The summed E-state index contributed by atoms with van der Waals surface area (Å²) in [6.45, 7) is 4.52. The number of hydrogen-bond donors (Lipinski definition) is 0. The van der Waals surface area contributed by atoms with E-state index in [4.69, 9.17) is 4.74 Å². The van der Waals surface area contributed by atoms with E-state index in [9.17, 15) is 0 Å². The molecular weight excluding hydrogens is 383 g/mol. The third kappa shape index (κ3) is 5.74. The molecule has 31 heavy (non-hydrogen) atoms. The van der Waals surface area contributed by atoms with Crippen LogP contribution in [0.3, 0.4) is 0 Å². The van der Waals surface area contributed by atoms with Crippen molar-refractivity contribution in [2.24, 2.45) is 17.8 Å². The summed E-state index contributed by atoms with van der Waals surface area (Å²) in [7, 11) is 0. The van der Waals surface area contributed by atoms with Gasteiger partial charge >= 0.3 is 0 Å². The molecule has 3 aliphatic rings. The molecule has 0 amide bonds. The molecule has 2 fully saturated rings. The SMILES string of the molecule is CCCC1CCC(C2CCC(c3ccc(C4=COC(CCC)CC4)cc3F)CC2)CC1. The summed E-state index contributed by atoms with van der Waals surface area (Å²) in [5, 5.41) is 0. The lowest BCUT2D eigenvalue weighted by Crippen LogP contribution is -2.25. The first kappa shape index (κ1) is 22.9. The molecule has 0 N–H and O–H groups in total. The van der Waals surface area contributed by atoms with Crippen molar-refractivity contribution in [1.29, 1.82) is 0 Å². The Kier molecular flexibility index (Phi) is 8.13. The van der Waals surface area contributed by atoms with Gasteiger partial charge < -0.3 is 4.74 Å². The Morgan fingerprint density at radius 2 is 1.52 bits per heavy atom. The van der Waals surface area contributed by atoms with Crippen LogP contribution >= 0.6 is 0 Å². The highest BCUT2D eigenvalue weighted by molar-refractivity contribution is 5.65. The highest BCUT2D eigenvalue weighted by Gasteiger charge is 2.32. The lowest BCUT2D eigenvalue weighted by atomic mass is 9.68. The second kappa shape index (κ2) is 11.0. The van der Waals surface area contributed by atoms with Crippen molar-refractivity contribution in [3.8, 4) is 0 Å². The second-order valence-electron chi connectivity index (χ2n) is 10.6. The van der Waals surface area contributed by atoms with Gasteiger partial charge in [0.25, 0.3) is 0 Å². The van der Waals surface area contributed by atoms with Crippen LogP contribution < -0.4 is 0 Å². The van der Waals surface area contributed by atoms with Gasteiger partial charge in [0.05, 0.1) is 12.4 Å². The van der Waals surface area contributed by atoms with Crippen molar-refractivity contribution in [3.05, 3.63) is 41.4 Å². The van der Waals surface area contributed by atoms with Crippen LogP contribution in [-0.2, 0) is 4.74 Å². The average molecular weight is 427 g/mol. The zero-order valence-electron chi connectivity index (χ0n) is 19.9. The van der Waals surface area contributed by atoms with E-state index in [1.165, 1.54) is 64.2 Å². The number of ether oxygens (including phenoxy) is 1. The summed E-state index contributed by atoms with van der Waals surface area (Å²) in [5.74, 6) is 3.23. The van der Waals surface area contributed by atoms with E-state index in [1.807, 2.05) is 6.26 Å². The standard InChI is InChI=1S/C29H43FO/c1-3-5-21-7-9-22(10-8-21)23-11-13-24(14-12-23)28-18-16-25(19-29(28)30)26-15-17-27(6-4-2)31-20-26/h16,18-24,27H,3-15,17H2,1-2H3. The van der Waals surface area contributed by atoms with Crippen LogP contribution in [0, 0.1) is 23.6 Å². The third-order valence-electron chi connectivity index (χ3n) is 8.59. The van der Waals surface area contributed by atoms with Gasteiger partial charge in [-0.2, -0.15) is 0 Å². The number of benzene rings is 1. The summed E-state index contributed by atoms with van der Waals surface area (Å²) in [5.41, 5.74) is 3.11. The Labute approximate surface area is 189 Å². The smallest absolute Gasteiger partial charge is 0.127 e. The van der Waals surface area contributed by atoms with E-state index in [0.29, 0.717) is 12.0 Å². The molecule has 0 spiro atoms. The highest BCUT2D eigenvalue weighted by atomic mass is 19.1.